The SMILES string of the molecule is CCc1ccc(CCC(=O)N(C)Cc2ccccc2N2CCCC2)cc1. The van der Waals surface area contributed by atoms with E-state index in [0.29, 0.717) is 13.0 Å². The number of hydrogen-bond acceptors (Lipinski definition) is 2. The summed E-state index contributed by atoms with van der Waals surface area (Å²) in [5.41, 5.74) is 5.12. The van der Waals surface area contributed by atoms with E-state index >= 15 is 0 Å². The summed E-state index contributed by atoms with van der Waals surface area (Å²) in [4.78, 5) is 16.9. The van der Waals surface area contributed by atoms with Crippen LogP contribution in [0.2, 0.25) is 0 Å². The number of carbonyl (C=O) groups is 1. The molecule has 0 atom stereocenters. The molecule has 1 fully saturated rings. The van der Waals surface area contributed by atoms with Gasteiger partial charge in [-0.25, -0.2) is 0 Å². The third-order valence-electron chi connectivity index (χ3n) is 5.33. The van der Waals surface area contributed by atoms with Crippen molar-refractivity contribution in [3.05, 3.63) is 65.2 Å². The lowest BCUT2D eigenvalue weighted by Gasteiger charge is -2.24. The molecule has 0 saturated carbocycles. The number of carbonyl (C=O) groups excluding carboxylic acids is 1. The van der Waals surface area contributed by atoms with Crippen LogP contribution in [0, 0.1) is 0 Å². The first-order valence-corrected chi connectivity index (χ1v) is 9.82. The molecule has 0 aliphatic carbocycles. The van der Waals surface area contributed by atoms with Gasteiger partial charge in [-0.3, -0.25) is 4.79 Å². The van der Waals surface area contributed by atoms with Crippen molar-refractivity contribution in [2.24, 2.45) is 0 Å². The fourth-order valence-electron chi connectivity index (χ4n) is 3.64. The number of para-hydroxylation sites is 1. The maximum Gasteiger partial charge on any atom is 0.222 e. The predicted molar refractivity (Wildman–Crippen MR) is 109 cm³/mol. The van der Waals surface area contributed by atoms with Gasteiger partial charge in [-0.2, -0.15) is 0 Å². The van der Waals surface area contributed by atoms with Gasteiger partial charge in [0.25, 0.3) is 0 Å². The highest BCUT2D eigenvalue weighted by Crippen LogP contribution is 2.25. The molecule has 0 spiro atoms. The fraction of sp³-hybridized carbons (Fsp3) is 0.435. The van der Waals surface area contributed by atoms with E-state index in [-0.39, 0.29) is 5.91 Å². The van der Waals surface area contributed by atoms with Crippen molar-refractivity contribution >= 4 is 11.6 Å². The van der Waals surface area contributed by atoms with E-state index in [1.165, 1.54) is 35.2 Å². The Kier molecular flexibility index (Phi) is 6.32. The Labute approximate surface area is 157 Å². The molecular formula is C23H30N2O. The number of benzene rings is 2. The lowest BCUT2D eigenvalue weighted by molar-refractivity contribution is -0.130. The quantitative estimate of drug-likeness (QED) is 0.737. The molecule has 0 aromatic heterocycles. The van der Waals surface area contributed by atoms with E-state index in [9.17, 15) is 4.79 Å². The van der Waals surface area contributed by atoms with E-state index in [2.05, 4.69) is 60.4 Å². The second-order valence-electron chi connectivity index (χ2n) is 7.24. The van der Waals surface area contributed by atoms with Crippen molar-refractivity contribution in [1.29, 1.82) is 0 Å². The van der Waals surface area contributed by atoms with Crippen LogP contribution in [0.1, 0.15) is 42.9 Å². The zero-order valence-corrected chi connectivity index (χ0v) is 16.1. The number of aryl methyl sites for hydroxylation is 2. The molecule has 138 valence electrons. The minimum Gasteiger partial charge on any atom is -0.371 e. The van der Waals surface area contributed by atoms with E-state index in [1.54, 1.807) is 0 Å². The Morgan fingerprint density at radius 3 is 2.35 bits per heavy atom. The normalized spacial score (nSPS) is 13.8. The van der Waals surface area contributed by atoms with E-state index < -0.39 is 0 Å². The minimum atomic E-state index is 0.209. The molecule has 0 N–H and O–H groups in total. The van der Waals surface area contributed by atoms with Crippen LogP contribution in [0.15, 0.2) is 48.5 Å². The summed E-state index contributed by atoms with van der Waals surface area (Å²) < 4.78 is 0. The van der Waals surface area contributed by atoms with Crippen LogP contribution in [0.4, 0.5) is 5.69 Å². The van der Waals surface area contributed by atoms with E-state index in [0.717, 1.165) is 25.9 Å². The minimum absolute atomic E-state index is 0.209. The Morgan fingerprint density at radius 2 is 1.65 bits per heavy atom. The summed E-state index contributed by atoms with van der Waals surface area (Å²) in [5, 5.41) is 0. The average molecular weight is 351 g/mol. The van der Waals surface area contributed by atoms with Crippen molar-refractivity contribution in [1.82, 2.24) is 4.90 Å². The molecule has 1 saturated heterocycles. The second kappa shape index (κ2) is 8.88. The van der Waals surface area contributed by atoms with Gasteiger partial charge >= 0.3 is 0 Å². The smallest absolute Gasteiger partial charge is 0.222 e. The molecule has 2 aromatic carbocycles. The summed E-state index contributed by atoms with van der Waals surface area (Å²) in [5.74, 6) is 0.209. The molecule has 0 radical (unpaired) electrons. The first-order valence-electron chi connectivity index (χ1n) is 9.82. The lowest BCUT2D eigenvalue weighted by atomic mass is 10.1. The molecule has 1 amide bonds. The Balaban J connectivity index is 1.57. The lowest BCUT2D eigenvalue weighted by Crippen LogP contribution is -2.28. The average Bonchev–Trinajstić information content (AvgIpc) is 3.21. The number of rotatable bonds is 7. The first kappa shape index (κ1) is 18.5. The van der Waals surface area contributed by atoms with Crippen molar-refractivity contribution in [3.8, 4) is 0 Å². The van der Waals surface area contributed by atoms with Gasteiger partial charge in [0, 0.05) is 38.8 Å². The van der Waals surface area contributed by atoms with Crippen LogP contribution in [0.5, 0.6) is 0 Å². The second-order valence-corrected chi connectivity index (χ2v) is 7.24. The number of nitrogens with zero attached hydrogens (tertiary/aromatic N) is 2. The summed E-state index contributed by atoms with van der Waals surface area (Å²) in [6.45, 7) is 5.10. The van der Waals surface area contributed by atoms with Crippen molar-refractivity contribution < 1.29 is 4.79 Å². The number of anilines is 1. The van der Waals surface area contributed by atoms with Crippen LogP contribution in [-0.4, -0.2) is 30.9 Å². The zero-order valence-electron chi connectivity index (χ0n) is 16.1. The van der Waals surface area contributed by atoms with Gasteiger partial charge in [-0.05, 0) is 48.4 Å². The molecule has 2 aromatic rings. The van der Waals surface area contributed by atoms with Gasteiger partial charge in [0.1, 0.15) is 0 Å². The molecular weight excluding hydrogens is 320 g/mol. The van der Waals surface area contributed by atoms with Crippen molar-refractivity contribution in [3.63, 3.8) is 0 Å². The summed E-state index contributed by atoms with van der Waals surface area (Å²) >= 11 is 0. The molecule has 0 bridgehead atoms. The predicted octanol–water partition coefficient (Wildman–Crippen LogP) is 4.44. The topological polar surface area (TPSA) is 23.6 Å². The van der Waals surface area contributed by atoms with E-state index in [4.69, 9.17) is 0 Å². The Bertz CT molecular complexity index is 717. The number of hydrogen-bond donors (Lipinski definition) is 0. The summed E-state index contributed by atoms with van der Waals surface area (Å²) in [6.07, 6.45) is 4.95. The highest BCUT2D eigenvalue weighted by molar-refractivity contribution is 5.76. The molecule has 3 nitrogen and oxygen atoms in total. The Hall–Kier alpha value is -2.29. The van der Waals surface area contributed by atoms with Gasteiger partial charge < -0.3 is 9.80 Å². The maximum atomic E-state index is 12.6. The van der Waals surface area contributed by atoms with Gasteiger partial charge in [-0.1, -0.05) is 49.4 Å². The molecule has 0 unspecified atom stereocenters. The molecule has 1 heterocycles. The van der Waals surface area contributed by atoms with Gasteiger partial charge in [0.15, 0.2) is 0 Å². The largest absolute Gasteiger partial charge is 0.371 e. The summed E-state index contributed by atoms with van der Waals surface area (Å²) in [6, 6.07) is 17.1. The molecule has 1 aliphatic heterocycles. The molecule has 3 rings (SSSR count). The van der Waals surface area contributed by atoms with Gasteiger partial charge in [0.05, 0.1) is 0 Å². The van der Waals surface area contributed by atoms with Crippen LogP contribution < -0.4 is 4.90 Å². The van der Waals surface area contributed by atoms with Crippen LogP contribution >= 0.6 is 0 Å². The fourth-order valence-corrected chi connectivity index (χ4v) is 3.64. The van der Waals surface area contributed by atoms with Gasteiger partial charge in [-0.15, -0.1) is 0 Å². The van der Waals surface area contributed by atoms with Gasteiger partial charge in [0.2, 0.25) is 5.91 Å². The molecule has 26 heavy (non-hydrogen) atoms. The first-order chi connectivity index (χ1) is 12.7. The third-order valence-corrected chi connectivity index (χ3v) is 5.33. The zero-order chi connectivity index (χ0) is 18.4. The van der Waals surface area contributed by atoms with E-state index in [1.807, 2.05) is 11.9 Å². The standard InChI is InChI=1S/C23H30N2O/c1-3-19-10-12-20(13-11-19)14-15-23(26)24(2)18-21-8-4-5-9-22(21)25-16-6-7-17-25/h4-5,8-13H,3,6-7,14-18H2,1-2H3. The molecule has 1 aliphatic rings. The van der Waals surface area contributed by atoms with Crippen LogP contribution in [-0.2, 0) is 24.2 Å². The monoisotopic (exact) mass is 350 g/mol. The van der Waals surface area contributed by atoms with Crippen molar-refractivity contribution in [2.45, 2.75) is 45.6 Å². The summed E-state index contributed by atoms with van der Waals surface area (Å²) in [7, 11) is 1.92. The maximum absolute atomic E-state index is 12.6. The molecule has 3 heteroatoms. The van der Waals surface area contributed by atoms with Crippen molar-refractivity contribution in [2.75, 3.05) is 25.0 Å². The highest BCUT2D eigenvalue weighted by Gasteiger charge is 2.17. The number of amides is 1. The highest BCUT2D eigenvalue weighted by atomic mass is 16.2. The van der Waals surface area contributed by atoms with Crippen LogP contribution in [0.25, 0.3) is 0 Å². The Morgan fingerprint density at radius 1 is 1.00 bits per heavy atom. The van der Waals surface area contributed by atoms with Crippen LogP contribution in [0.3, 0.4) is 0 Å². The third kappa shape index (κ3) is 4.66.